The van der Waals surface area contributed by atoms with Gasteiger partial charge < -0.3 is 14.7 Å². The molecule has 0 bridgehead atoms. The summed E-state index contributed by atoms with van der Waals surface area (Å²) in [6.45, 7) is 3.85. The summed E-state index contributed by atoms with van der Waals surface area (Å²) in [4.78, 5) is 15.5. The molecule has 1 N–H and O–H groups in total. The molecule has 1 fully saturated rings. The number of carbonyl (C=O) groups is 1. The van der Waals surface area contributed by atoms with Crippen molar-refractivity contribution in [2.45, 2.75) is 31.9 Å². The van der Waals surface area contributed by atoms with Crippen LogP contribution in [0.5, 0.6) is 5.75 Å². The lowest BCUT2D eigenvalue weighted by Gasteiger charge is -2.29. The van der Waals surface area contributed by atoms with Crippen LogP contribution in [0.2, 0.25) is 0 Å². The standard InChI is InChI=1S/C17H26N2O3/c1-13(14-6-8-16(22-3)9-7-14)18(2)11-15(20)12-19-10-4-5-17(19)21/h6-9,13,15,20H,4-5,10-12H2,1-3H3. The van der Waals surface area contributed by atoms with Gasteiger partial charge in [0.25, 0.3) is 0 Å². The van der Waals surface area contributed by atoms with Gasteiger partial charge in [0.05, 0.1) is 13.2 Å². The van der Waals surface area contributed by atoms with Gasteiger partial charge in [-0.3, -0.25) is 9.69 Å². The van der Waals surface area contributed by atoms with Crippen LogP contribution in [0.25, 0.3) is 0 Å². The summed E-state index contributed by atoms with van der Waals surface area (Å²) in [5, 5.41) is 10.2. The van der Waals surface area contributed by atoms with Gasteiger partial charge in [0.15, 0.2) is 0 Å². The highest BCUT2D eigenvalue weighted by atomic mass is 16.5. The van der Waals surface area contributed by atoms with Crippen molar-refractivity contribution < 1.29 is 14.6 Å². The Morgan fingerprint density at radius 1 is 1.36 bits per heavy atom. The van der Waals surface area contributed by atoms with Gasteiger partial charge in [-0.1, -0.05) is 12.1 Å². The van der Waals surface area contributed by atoms with Crippen LogP contribution in [0.15, 0.2) is 24.3 Å². The first-order valence-electron chi connectivity index (χ1n) is 7.81. The maximum absolute atomic E-state index is 11.6. The number of carbonyl (C=O) groups excluding carboxylic acids is 1. The quantitative estimate of drug-likeness (QED) is 0.832. The number of β-amino-alcohol motifs (C(OH)–C–C–N with tert-alkyl or cyclic N) is 1. The number of likely N-dealkylation sites (tertiary alicyclic amines) is 1. The monoisotopic (exact) mass is 306 g/mol. The maximum atomic E-state index is 11.6. The van der Waals surface area contributed by atoms with Crippen LogP contribution in [0.1, 0.15) is 31.4 Å². The molecule has 5 heteroatoms. The Labute approximate surface area is 132 Å². The third-order valence-corrected chi connectivity index (χ3v) is 4.36. The Morgan fingerprint density at radius 2 is 2.05 bits per heavy atom. The van der Waals surface area contributed by atoms with Gasteiger partial charge in [0, 0.05) is 32.1 Å². The SMILES string of the molecule is COc1ccc(C(C)N(C)CC(O)CN2CCCC2=O)cc1. The van der Waals surface area contributed by atoms with E-state index in [4.69, 9.17) is 4.74 Å². The average Bonchev–Trinajstić information content (AvgIpc) is 2.91. The molecule has 1 aromatic rings. The fourth-order valence-corrected chi connectivity index (χ4v) is 2.84. The summed E-state index contributed by atoms with van der Waals surface area (Å²) < 4.78 is 5.17. The van der Waals surface area contributed by atoms with E-state index in [2.05, 4.69) is 11.8 Å². The predicted molar refractivity (Wildman–Crippen MR) is 85.9 cm³/mol. The largest absolute Gasteiger partial charge is 0.497 e. The Morgan fingerprint density at radius 3 is 2.59 bits per heavy atom. The first-order chi connectivity index (χ1) is 10.5. The van der Waals surface area contributed by atoms with Crippen molar-refractivity contribution in [2.24, 2.45) is 0 Å². The summed E-state index contributed by atoms with van der Waals surface area (Å²) in [6.07, 6.45) is 1.00. The molecule has 0 saturated carbocycles. The number of aliphatic hydroxyl groups excluding tert-OH is 1. The molecule has 1 aromatic carbocycles. The topological polar surface area (TPSA) is 53.0 Å². The van der Waals surface area contributed by atoms with Crippen molar-refractivity contribution in [3.8, 4) is 5.75 Å². The number of likely N-dealkylation sites (N-methyl/N-ethyl adjacent to an activating group) is 1. The predicted octanol–water partition coefficient (Wildman–Crippen LogP) is 1.67. The van der Waals surface area contributed by atoms with E-state index in [1.165, 1.54) is 5.56 Å². The molecule has 0 radical (unpaired) electrons. The van der Waals surface area contributed by atoms with Crippen molar-refractivity contribution in [3.05, 3.63) is 29.8 Å². The van der Waals surface area contributed by atoms with Crippen LogP contribution >= 0.6 is 0 Å². The smallest absolute Gasteiger partial charge is 0.222 e. The third-order valence-electron chi connectivity index (χ3n) is 4.36. The molecule has 2 unspecified atom stereocenters. The van der Waals surface area contributed by atoms with Gasteiger partial charge in [-0.2, -0.15) is 0 Å². The second kappa shape index (κ2) is 7.61. The lowest BCUT2D eigenvalue weighted by Crippen LogP contribution is -2.40. The first-order valence-corrected chi connectivity index (χ1v) is 7.81. The highest BCUT2D eigenvalue weighted by molar-refractivity contribution is 5.78. The molecule has 1 saturated heterocycles. The number of benzene rings is 1. The number of amides is 1. The molecule has 0 aromatic heterocycles. The van der Waals surface area contributed by atoms with Crippen LogP contribution < -0.4 is 4.74 Å². The number of methoxy groups -OCH3 is 1. The second-order valence-electron chi connectivity index (χ2n) is 5.99. The number of nitrogens with zero attached hydrogens (tertiary/aromatic N) is 2. The molecule has 0 spiro atoms. The molecule has 2 rings (SSSR count). The summed E-state index contributed by atoms with van der Waals surface area (Å²) in [5.74, 6) is 0.996. The van der Waals surface area contributed by atoms with E-state index in [1.54, 1.807) is 12.0 Å². The van der Waals surface area contributed by atoms with E-state index < -0.39 is 6.10 Å². The van der Waals surface area contributed by atoms with Crippen molar-refractivity contribution >= 4 is 5.91 Å². The van der Waals surface area contributed by atoms with Crippen LogP contribution in [-0.4, -0.2) is 60.7 Å². The minimum atomic E-state index is -0.521. The molecule has 5 nitrogen and oxygen atoms in total. The number of ether oxygens (including phenoxy) is 1. The van der Waals surface area contributed by atoms with Gasteiger partial charge in [0.2, 0.25) is 5.91 Å². The van der Waals surface area contributed by atoms with Gasteiger partial charge in [0.1, 0.15) is 5.75 Å². The lowest BCUT2D eigenvalue weighted by atomic mass is 10.1. The number of rotatable bonds is 7. The zero-order valence-electron chi connectivity index (χ0n) is 13.7. The number of hydrogen-bond donors (Lipinski definition) is 1. The fraction of sp³-hybridized carbons (Fsp3) is 0.588. The van der Waals surface area contributed by atoms with E-state index in [0.717, 1.165) is 18.7 Å². The van der Waals surface area contributed by atoms with Gasteiger partial charge in [-0.05, 0) is 38.1 Å². The normalized spacial score (nSPS) is 17.9. The molecule has 122 valence electrons. The highest BCUT2D eigenvalue weighted by Gasteiger charge is 2.24. The average molecular weight is 306 g/mol. The Balaban J connectivity index is 1.86. The third kappa shape index (κ3) is 4.21. The zero-order valence-corrected chi connectivity index (χ0v) is 13.7. The molecule has 1 aliphatic rings. The molecular formula is C17H26N2O3. The molecule has 1 amide bonds. The van der Waals surface area contributed by atoms with E-state index in [9.17, 15) is 9.90 Å². The second-order valence-corrected chi connectivity index (χ2v) is 5.99. The minimum absolute atomic E-state index is 0.157. The van der Waals surface area contributed by atoms with Crippen molar-refractivity contribution in [1.29, 1.82) is 0 Å². The molecule has 2 atom stereocenters. The Bertz CT molecular complexity index is 489. The van der Waals surface area contributed by atoms with E-state index >= 15 is 0 Å². The molecule has 0 aliphatic carbocycles. The summed E-state index contributed by atoms with van der Waals surface area (Å²) in [5.41, 5.74) is 1.17. The Hall–Kier alpha value is -1.59. The number of hydrogen-bond acceptors (Lipinski definition) is 4. The fourth-order valence-electron chi connectivity index (χ4n) is 2.84. The van der Waals surface area contributed by atoms with Crippen LogP contribution in [-0.2, 0) is 4.79 Å². The van der Waals surface area contributed by atoms with E-state index in [1.807, 2.05) is 31.3 Å². The lowest BCUT2D eigenvalue weighted by molar-refractivity contribution is -0.129. The molecule has 1 heterocycles. The maximum Gasteiger partial charge on any atom is 0.222 e. The van der Waals surface area contributed by atoms with Crippen LogP contribution in [0.3, 0.4) is 0 Å². The minimum Gasteiger partial charge on any atom is -0.497 e. The van der Waals surface area contributed by atoms with E-state index in [-0.39, 0.29) is 11.9 Å². The Kier molecular flexibility index (Phi) is 5.80. The van der Waals surface area contributed by atoms with Gasteiger partial charge >= 0.3 is 0 Å². The zero-order chi connectivity index (χ0) is 16.1. The van der Waals surface area contributed by atoms with Crippen LogP contribution in [0, 0.1) is 0 Å². The van der Waals surface area contributed by atoms with Crippen molar-refractivity contribution in [2.75, 3.05) is 33.8 Å². The summed E-state index contributed by atoms with van der Waals surface area (Å²) in [6, 6.07) is 8.15. The van der Waals surface area contributed by atoms with Gasteiger partial charge in [-0.25, -0.2) is 0 Å². The first kappa shape index (κ1) is 16.8. The molecule has 22 heavy (non-hydrogen) atoms. The highest BCUT2D eigenvalue weighted by Crippen LogP contribution is 2.22. The van der Waals surface area contributed by atoms with Crippen molar-refractivity contribution in [3.63, 3.8) is 0 Å². The van der Waals surface area contributed by atoms with E-state index in [0.29, 0.717) is 19.5 Å². The summed E-state index contributed by atoms with van der Waals surface area (Å²) >= 11 is 0. The van der Waals surface area contributed by atoms with Crippen molar-refractivity contribution in [1.82, 2.24) is 9.80 Å². The molecule has 1 aliphatic heterocycles. The summed E-state index contributed by atoms with van der Waals surface area (Å²) in [7, 11) is 3.64. The number of aliphatic hydroxyl groups is 1. The molecular weight excluding hydrogens is 280 g/mol. The van der Waals surface area contributed by atoms with Crippen LogP contribution in [0.4, 0.5) is 0 Å². The van der Waals surface area contributed by atoms with Gasteiger partial charge in [-0.15, -0.1) is 0 Å².